The standard InChI is InChI=1S/C45H29N3/c1-30-26-41(47-45(33-17-6-3-7-18-33)48-44(30)32-15-4-2-5-16-32)34-19-13-21-36(28-34)43-39-24-10-8-22-37(39)42(38-23-9-11-25-40(38)43)35-20-12-14-31(27-35)29-46/h2-28H,1H2. The molecule has 3 nitrogen and oxygen atoms in total. The summed E-state index contributed by atoms with van der Waals surface area (Å²) in [6.07, 6.45) is 2.04. The van der Waals surface area contributed by atoms with Gasteiger partial charge in [-0.25, -0.2) is 9.98 Å². The molecule has 0 radical (unpaired) electrons. The van der Waals surface area contributed by atoms with E-state index in [4.69, 9.17) is 9.98 Å². The van der Waals surface area contributed by atoms with Crippen molar-refractivity contribution in [1.29, 1.82) is 5.26 Å². The summed E-state index contributed by atoms with van der Waals surface area (Å²) in [6, 6.07) is 56.2. The minimum Gasteiger partial charge on any atom is -0.228 e. The highest BCUT2D eigenvalue weighted by molar-refractivity contribution is 6.23. The van der Waals surface area contributed by atoms with Crippen molar-refractivity contribution in [2.45, 2.75) is 0 Å². The molecule has 3 heteroatoms. The Hall–Kier alpha value is -6.63. The zero-order chi connectivity index (χ0) is 32.5. The van der Waals surface area contributed by atoms with Gasteiger partial charge in [0.05, 0.1) is 23.0 Å². The predicted octanol–water partition coefficient (Wildman–Crippen LogP) is 11.0. The number of hydrogen-bond donors (Lipinski definition) is 0. The topological polar surface area (TPSA) is 48.5 Å². The van der Waals surface area contributed by atoms with Crippen LogP contribution in [0.2, 0.25) is 0 Å². The maximum absolute atomic E-state index is 9.67. The van der Waals surface area contributed by atoms with E-state index in [-0.39, 0.29) is 0 Å². The van der Waals surface area contributed by atoms with Gasteiger partial charge in [-0.3, -0.25) is 0 Å². The summed E-state index contributed by atoms with van der Waals surface area (Å²) in [5.74, 6) is 0.643. The second-order valence-corrected chi connectivity index (χ2v) is 11.8. The van der Waals surface area contributed by atoms with E-state index in [0.717, 1.165) is 77.5 Å². The van der Waals surface area contributed by atoms with Crippen LogP contribution in [-0.2, 0) is 0 Å². The zero-order valence-electron chi connectivity index (χ0n) is 26.1. The van der Waals surface area contributed by atoms with Gasteiger partial charge in [-0.2, -0.15) is 5.26 Å². The maximum atomic E-state index is 9.67. The molecular formula is C45H29N3. The number of hydrogen-bond acceptors (Lipinski definition) is 3. The van der Waals surface area contributed by atoms with Gasteiger partial charge in [-0.05, 0) is 73.6 Å². The number of aliphatic imine (C=N–C) groups is 2. The highest BCUT2D eigenvalue weighted by Gasteiger charge is 2.19. The Kier molecular flexibility index (Phi) is 7.38. The van der Waals surface area contributed by atoms with Crippen molar-refractivity contribution in [3.05, 3.63) is 198 Å². The number of amidine groups is 1. The molecule has 0 spiro atoms. The fraction of sp³-hybridized carbons (Fsp3) is 0. The van der Waals surface area contributed by atoms with Crippen LogP contribution < -0.4 is 0 Å². The van der Waals surface area contributed by atoms with Crippen LogP contribution in [0, 0.1) is 11.3 Å². The van der Waals surface area contributed by atoms with Gasteiger partial charge in [0.25, 0.3) is 0 Å². The van der Waals surface area contributed by atoms with Crippen LogP contribution in [-0.4, -0.2) is 11.5 Å². The van der Waals surface area contributed by atoms with Crippen LogP contribution >= 0.6 is 0 Å². The Labute approximate surface area is 279 Å². The average Bonchev–Trinajstić information content (AvgIpc) is 3.33. The normalized spacial score (nSPS) is 13.0. The Bertz CT molecular complexity index is 2460. The van der Waals surface area contributed by atoms with Crippen LogP contribution in [0.25, 0.3) is 49.5 Å². The molecule has 48 heavy (non-hydrogen) atoms. The molecule has 1 heterocycles. The summed E-state index contributed by atoms with van der Waals surface area (Å²) >= 11 is 0. The largest absolute Gasteiger partial charge is 0.228 e. The van der Waals surface area contributed by atoms with Crippen LogP contribution in [0.1, 0.15) is 22.3 Å². The van der Waals surface area contributed by atoms with E-state index in [1.165, 1.54) is 0 Å². The maximum Gasteiger partial charge on any atom is 0.160 e. The molecule has 0 N–H and O–H groups in total. The molecule has 0 saturated heterocycles. The van der Waals surface area contributed by atoms with Crippen LogP contribution in [0.4, 0.5) is 0 Å². The van der Waals surface area contributed by atoms with E-state index in [0.29, 0.717) is 11.4 Å². The van der Waals surface area contributed by atoms with Crippen molar-refractivity contribution in [2.24, 2.45) is 9.98 Å². The van der Waals surface area contributed by atoms with Crippen molar-refractivity contribution in [2.75, 3.05) is 0 Å². The van der Waals surface area contributed by atoms with E-state index in [9.17, 15) is 5.26 Å². The second-order valence-electron chi connectivity index (χ2n) is 11.8. The fourth-order valence-electron chi connectivity index (χ4n) is 6.62. The number of benzene rings is 7. The molecule has 0 atom stereocenters. The Balaban J connectivity index is 1.33. The van der Waals surface area contributed by atoms with Crippen LogP contribution in [0.15, 0.2) is 186 Å². The van der Waals surface area contributed by atoms with Gasteiger partial charge in [0.15, 0.2) is 5.84 Å². The van der Waals surface area contributed by atoms with E-state index >= 15 is 0 Å². The van der Waals surface area contributed by atoms with Gasteiger partial charge in [-0.15, -0.1) is 0 Å². The molecule has 8 rings (SSSR count). The van der Waals surface area contributed by atoms with Gasteiger partial charge in [0, 0.05) is 16.7 Å². The molecule has 1 aliphatic rings. The SMILES string of the molecule is C=C1C=C(c2cccc(-c3c4ccccc4c(-c4cccc(C#N)c4)c4ccccc34)c2)N=C(c2ccccc2)N=C1c1ccccc1. The summed E-state index contributed by atoms with van der Waals surface area (Å²) in [5.41, 5.74) is 10.4. The first-order chi connectivity index (χ1) is 23.7. The first-order valence-corrected chi connectivity index (χ1v) is 15.9. The highest BCUT2D eigenvalue weighted by atomic mass is 14.9. The molecule has 224 valence electrons. The van der Waals surface area contributed by atoms with Gasteiger partial charge in [-0.1, -0.05) is 146 Å². The van der Waals surface area contributed by atoms with Crippen molar-refractivity contribution in [3.63, 3.8) is 0 Å². The van der Waals surface area contributed by atoms with Gasteiger partial charge < -0.3 is 0 Å². The van der Waals surface area contributed by atoms with Crippen LogP contribution in [0.3, 0.4) is 0 Å². The summed E-state index contributed by atoms with van der Waals surface area (Å²) in [5, 5.41) is 14.2. The summed E-state index contributed by atoms with van der Waals surface area (Å²) < 4.78 is 0. The summed E-state index contributed by atoms with van der Waals surface area (Å²) in [6.45, 7) is 4.45. The molecule has 0 amide bonds. The summed E-state index contributed by atoms with van der Waals surface area (Å²) in [4.78, 5) is 10.3. The molecule has 0 fully saturated rings. The molecule has 0 saturated carbocycles. The number of nitrogens with zero attached hydrogens (tertiary/aromatic N) is 3. The lowest BCUT2D eigenvalue weighted by molar-refractivity contribution is 1.45. The molecule has 0 unspecified atom stereocenters. The molecule has 7 aromatic rings. The van der Waals surface area contributed by atoms with E-state index < -0.39 is 0 Å². The smallest absolute Gasteiger partial charge is 0.160 e. The number of nitriles is 1. The lowest BCUT2D eigenvalue weighted by Crippen LogP contribution is -2.06. The lowest BCUT2D eigenvalue weighted by Gasteiger charge is -2.18. The minimum atomic E-state index is 0.643. The third kappa shape index (κ3) is 5.22. The molecule has 7 aromatic carbocycles. The quantitative estimate of drug-likeness (QED) is 0.179. The number of allylic oxidation sites excluding steroid dienone is 2. The summed E-state index contributed by atoms with van der Waals surface area (Å²) in [7, 11) is 0. The van der Waals surface area contributed by atoms with E-state index in [1.54, 1.807) is 0 Å². The highest BCUT2D eigenvalue weighted by Crippen LogP contribution is 2.44. The lowest BCUT2D eigenvalue weighted by atomic mass is 9.85. The molecule has 0 bridgehead atoms. The monoisotopic (exact) mass is 611 g/mol. The van der Waals surface area contributed by atoms with Crippen molar-refractivity contribution < 1.29 is 0 Å². The van der Waals surface area contributed by atoms with Gasteiger partial charge in [0.2, 0.25) is 0 Å². The first kappa shape index (κ1) is 28.8. The van der Waals surface area contributed by atoms with Gasteiger partial charge >= 0.3 is 0 Å². The molecular weight excluding hydrogens is 583 g/mol. The van der Waals surface area contributed by atoms with Crippen molar-refractivity contribution in [3.8, 4) is 28.3 Å². The van der Waals surface area contributed by atoms with E-state index in [2.05, 4.69) is 104 Å². The number of rotatable bonds is 5. The Morgan fingerprint density at radius 2 is 0.938 bits per heavy atom. The Morgan fingerprint density at radius 1 is 0.458 bits per heavy atom. The third-order valence-corrected chi connectivity index (χ3v) is 8.80. The Morgan fingerprint density at radius 3 is 1.52 bits per heavy atom. The fourth-order valence-corrected chi connectivity index (χ4v) is 6.62. The average molecular weight is 612 g/mol. The van der Waals surface area contributed by atoms with Crippen LogP contribution in [0.5, 0.6) is 0 Å². The second kappa shape index (κ2) is 12.3. The van der Waals surface area contributed by atoms with Gasteiger partial charge in [0.1, 0.15) is 0 Å². The first-order valence-electron chi connectivity index (χ1n) is 15.9. The van der Waals surface area contributed by atoms with Crippen molar-refractivity contribution >= 4 is 38.8 Å². The minimum absolute atomic E-state index is 0.643. The molecule has 1 aliphatic heterocycles. The molecule has 0 aliphatic carbocycles. The van der Waals surface area contributed by atoms with Crippen molar-refractivity contribution in [1.82, 2.24) is 0 Å². The number of fused-ring (bicyclic) bond motifs is 2. The zero-order valence-corrected chi connectivity index (χ0v) is 26.1. The predicted molar refractivity (Wildman–Crippen MR) is 200 cm³/mol. The third-order valence-electron chi connectivity index (χ3n) is 8.80. The van der Waals surface area contributed by atoms with E-state index in [1.807, 2.05) is 72.8 Å². The molecule has 0 aromatic heterocycles.